The maximum Gasteiger partial charge on any atom is 0.334 e. The fourth-order valence-corrected chi connectivity index (χ4v) is 1.41. The average molecular weight is 306 g/mol. The van der Waals surface area contributed by atoms with Crippen LogP contribution in [0, 0.1) is 0 Å². The van der Waals surface area contributed by atoms with E-state index in [-0.39, 0.29) is 26.1 Å². The first-order valence-electron chi connectivity index (χ1n) is 6.30. The van der Waals surface area contributed by atoms with E-state index in [1.54, 1.807) is 0 Å². The maximum absolute atomic E-state index is 12.0. The van der Waals surface area contributed by atoms with Crippen LogP contribution in [0.5, 0.6) is 0 Å². The van der Waals surface area contributed by atoms with Crippen LogP contribution in [0.4, 0.5) is 4.79 Å². The molecule has 2 amide bonds. The number of amides is 2. The summed E-state index contributed by atoms with van der Waals surface area (Å²) in [6.07, 6.45) is -1.08. The molecule has 0 aromatic carbocycles. The van der Waals surface area contributed by atoms with Gasteiger partial charge < -0.3 is 29.5 Å². The molecule has 0 saturated heterocycles. The molecule has 9 heteroatoms. The molecule has 0 fully saturated rings. The molecule has 21 heavy (non-hydrogen) atoms. The van der Waals surface area contributed by atoms with Gasteiger partial charge in [-0.2, -0.15) is 0 Å². The van der Waals surface area contributed by atoms with E-state index in [0.29, 0.717) is 6.61 Å². The molecule has 0 aromatic rings. The van der Waals surface area contributed by atoms with E-state index in [2.05, 4.69) is 10.1 Å². The summed E-state index contributed by atoms with van der Waals surface area (Å²) in [4.78, 5) is 35.2. The van der Waals surface area contributed by atoms with Gasteiger partial charge in [0.2, 0.25) is 0 Å². The third-order valence-corrected chi connectivity index (χ3v) is 2.66. The molecule has 0 heterocycles. The molecule has 0 saturated carbocycles. The Bertz CT molecular complexity index is 348. The molecule has 0 aliphatic rings. The standard InChI is InChI=1S/C12H22N2O7/c1-19-7-6-14(5-4-10(15)21-3)12(18)13-8-9(20-2)11(16)17/h9H,4-8H2,1-3H3,(H,13,18)(H,16,17). The monoisotopic (exact) mass is 306 g/mol. The summed E-state index contributed by atoms with van der Waals surface area (Å²) in [6.45, 7) is 0.532. The zero-order valence-corrected chi connectivity index (χ0v) is 12.5. The van der Waals surface area contributed by atoms with E-state index in [1.807, 2.05) is 0 Å². The van der Waals surface area contributed by atoms with Crippen molar-refractivity contribution in [2.75, 3.05) is 47.6 Å². The van der Waals surface area contributed by atoms with Crippen molar-refractivity contribution < 1.29 is 33.7 Å². The molecule has 9 nitrogen and oxygen atoms in total. The lowest BCUT2D eigenvalue weighted by atomic mass is 10.3. The minimum absolute atomic E-state index is 0.0419. The smallest absolute Gasteiger partial charge is 0.334 e. The van der Waals surface area contributed by atoms with Crippen molar-refractivity contribution in [3.63, 3.8) is 0 Å². The molecule has 0 spiro atoms. The molecule has 1 unspecified atom stereocenters. The Balaban J connectivity index is 4.41. The summed E-state index contributed by atoms with van der Waals surface area (Å²) < 4.78 is 14.1. The number of nitrogens with one attached hydrogen (secondary N) is 1. The van der Waals surface area contributed by atoms with E-state index in [9.17, 15) is 14.4 Å². The maximum atomic E-state index is 12.0. The third-order valence-electron chi connectivity index (χ3n) is 2.66. The van der Waals surface area contributed by atoms with Gasteiger partial charge in [-0.05, 0) is 0 Å². The minimum Gasteiger partial charge on any atom is -0.479 e. The summed E-state index contributed by atoms with van der Waals surface area (Å²) in [6, 6.07) is -0.501. The normalized spacial score (nSPS) is 11.6. The zero-order chi connectivity index (χ0) is 16.3. The first kappa shape index (κ1) is 19.1. The van der Waals surface area contributed by atoms with Crippen molar-refractivity contribution >= 4 is 18.0 Å². The summed E-state index contributed by atoms with van der Waals surface area (Å²) in [5, 5.41) is 11.2. The lowest BCUT2D eigenvalue weighted by molar-refractivity contribution is -0.148. The van der Waals surface area contributed by atoms with Gasteiger partial charge in [0.25, 0.3) is 0 Å². The van der Waals surface area contributed by atoms with Gasteiger partial charge in [0.15, 0.2) is 6.10 Å². The number of carbonyl (C=O) groups is 3. The number of urea groups is 1. The fraction of sp³-hybridized carbons (Fsp3) is 0.750. The van der Waals surface area contributed by atoms with Crippen LogP contribution in [-0.2, 0) is 23.8 Å². The van der Waals surface area contributed by atoms with Crippen LogP contribution in [0.2, 0.25) is 0 Å². The number of hydrogen-bond acceptors (Lipinski definition) is 6. The van der Waals surface area contributed by atoms with Crippen molar-refractivity contribution in [3.05, 3.63) is 0 Å². The molecule has 0 radical (unpaired) electrons. The van der Waals surface area contributed by atoms with Crippen LogP contribution < -0.4 is 5.32 Å². The number of nitrogens with zero attached hydrogens (tertiary/aromatic N) is 1. The number of carbonyl (C=O) groups excluding carboxylic acids is 2. The summed E-state index contributed by atoms with van der Waals surface area (Å²) in [5.41, 5.74) is 0. The second-order valence-corrected chi connectivity index (χ2v) is 4.05. The molecule has 0 bridgehead atoms. The Kier molecular flexibility index (Phi) is 9.90. The highest BCUT2D eigenvalue weighted by Gasteiger charge is 2.20. The van der Waals surface area contributed by atoms with Gasteiger partial charge in [0.05, 0.1) is 26.7 Å². The van der Waals surface area contributed by atoms with Gasteiger partial charge in [-0.3, -0.25) is 4.79 Å². The first-order chi connectivity index (χ1) is 9.96. The van der Waals surface area contributed by atoms with Crippen LogP contribution >= 0.6 is 0 Å². The van der Waals surface area contributed by atoms with Crippen molar-refractivity contribution in [3.8, 4) is 0 Å². The Morgan fingerprint density at radius 2 is 1.86 bits per heavy atom. The molecule has 0 rings (SSSR count). The van der Waals surface area contributed by atoms with E-state index in [0.717, 1.165) is 0 Å². The number of hydrogen-bond donors (Lipinski definition) is 2. The van der Waals surface area contributed by atoms with Crippen LogP contribution in [0.1, 0.15) is 6.42 Å². The fourth-order valence-electron chi connectivity index (χ4n) is 1.41. The molecule has 0 aliphatic heterocycles. The zero-order valence-electron chi connectivity index (χ0n) is 12.5. The topological polar surface area (TPSA) is 114 Å². The van der Waals surface area contributed by atoms with Gasteiger partial charge in [0.1, 0.15) is 0 Å². The molecule has 0 aliphatic carbocycles. The van der Waals surface area contributed by atoms with E-state index < -0.39 is 24.1 Å². The van der Waals surface area contributed by atoms with Gasteiger partial charge in [0, 0.05) is 27.3 Å². The Labute approximate surface area is 123 Å². The number of aliphatic carboxylic acids is 1. The van der Waals surface area contributed by atoms with Crippen molar-refractivity contribution in [1.29, 1.82) is 0 Å². The van der Waals surface area contributed by atoms with Crippen molar-refractivity contribution in [1.82, 2.24) is 10.2 Å². The Hall–Kier alpha value is -1.87. The van der Waals surface area contributed by atoms with Crippen LogP contribution in [0.25, 0.3) is 0 Å². The second kappa shape index (κ2) is 10.9. The lowest BCUT2D eigenvalue weighted by Crippen LogP contribution is -2.46. The summed E-state index contributed by atoms with van der Waals surface area (Å²) >= 11 is 0. The van der Waals surface area contributed by atoms with Crippen LogP contribution in [0.15, 0.2) is 0 Å². The number of carboxylic acid groups (broad SMARTS) is 1. The van der Waals surface area contributed by atoms with Crippen LogP contribution in [0.3, 0.4) is 0 Å². The van der Waals surface area contributed by atoms with E-state index in [4.69, 9.17) is 14.6 Å². The largest absolute Gasteiger partial charge is 0.479 e. The summed E-state index contributed by atoms with van der Waals surface area (Å²) in [5.74, 6) is -1.61. The molecular formula is C12H22N2O7. The van der Waals surface area contributed by atoms with Crippen molar-refractivity contribution in [2.24, 2.45) is 0 Å². The second-order valence-electron chi connectivity index (χ2n) is 4.05. The summed E-state index contributed by atoms with van der Waals surface area (Å²) in [7, 11) is 3.99. The van der Waals surface area contributed by atoms with Crippen LogP contribution in [-0.4, -0.2) is 81.7 Å². The third kappa shape index (κ3) is 8.10. The highest BCUT2D eigenvalue weighted by Crippen LogP contribution is 1.96. The van der Waals surface area contributed by atoms with Gasteiger partial charge in [-0.1, -0.05) is 0 Å². The molecule has 0 aromatic heterocycles. The number of methoxy groups -OCH3 is 3. The van der Waals surface area contributed by atoms with Gasteiger partial charge in [-0.15, -0.1) is 0 Å². The number of ether oxygens (including phenoxy) is 3. The SMILES string of the molecule is COCCN(CCC(=O)OC)C(=O)NCC(OC)C(=O)O. The predicted molar refractivity (Wildman–Crippen MR) is 71.9 cm³/mol. The predicted octanol–water partition coefficient (Wildman–Crippen LogP) is -0.693. The van der Waals surface area contributed by atoms with Crippen molar-refractivity contribution in [2.45, 2.75) is 12.5 Å². The number of rotatable bonds is 10. The average Bonchev–Trinajstić information content (AvgIpc) is 2.46. The number of esters is 1. The van der Waals surface area contributed by atoms with Gasteiger partial charge >= 0.3 is 18.0 Å². The highest BCUT2D eigenvalue weighted by molar-refractivity contribution is 5.77. The van der Waals surface area contributed by atoms with E-state index in [1.165, 1.54) is 26.2 Å². The quantitative estimate of drug-likeness (QED) is 0.513. The molecular weight excluding hydrogens is 284 g/mol. The number of carboxylic acids is 1. The van der Waals surface area contributed by atoms with Gasteiger partial charge in [-0.25, -0.2) is 9.59 Å². The molecule has 2 N–H and O–H groups in total. The molecule has 1 atom stereocenters. The minimum atomic E-state index is -1.17. The first-order valence-corrected chi connectivity index (χ1v) is 6.30. The lowest BCUT2D eigenvalue weighted by Gasteiger charge is -2.23. The highest BCUT2D eigenvalue weighted by atomic mass is 16.5. The Morgan fingerprint density at radius 3 is 2.33 bits per heavy atom. The Morgan fingerprint density at radius 1 is 1.19 bits per heavy atom. The molecule has 122 valence electrons. The van der Waals surface area contributed by atoms with E-state index >= 15 is 0 Å².